The zero-order chi connectivity index (χ0) is 10.1. The summed E-state index contributed by atoms with van der Waals surface area (Å²) in [6.45, 7) is 3.80. The highest BCUT2D eigenvalue weighted by molar-refractivity contribution is 5.76. The van der Waals surface area contributed by atoms with Crippen molar-refractivity contribution in [1.82, 2.24) is 0 Å². The lowest BCUT2D eigenvalue weighted by Gasteiger charge is -2.26. The molecular formula is C12H16N2. The third-order valence-electron chi connectivity index (χ3n) is 2.91. The molecule has 2 rings (SSSR count). The first-order valence-corrected chi connectivity index (χ1v) is 4.91. The van der Waals surface area contributed by atoms with E-state index in [0.717, 1.165) is 6.42 Å². The van der Waals surface area contributed by atoms with E-state index in [2.05, 4.69) is 54.7 Å². The smallest absolute Gasteiger partial charge is 0.105 e. The molecule has 0 bridgehead atoms. The van der Waals surface area contributed by atoms with Crippen LogP contribution in [0.2, 0.25) is 0 Å². The number of hydrogen-bond acceptors (Lipinski definition) is 2. The van der Waals surface area contributed by atoms with Gasteiger partial charge in [0.15, 0.2) is 0 Å². The summed E-state index contributed by atoms with van der Waals surface area (Å²) in [6, 6.07) is 8.49. The van der Waals surface area contributed by atoms with Crippen LogP contribution in [0.15, 0.2) is 36.9 Å². The van der Waals surface area contributed by atoms with E-state index in [-0.39, 0.29) is 0 Å². The van der Waals surface area contributed by atoms with Gasteiger partial charge in [-0.15, -0.1) is 6.58 Å². The van der Waals surface area contributed by atoms with Gasteiger partial charge in [-0.05, 0) is 12.1 Å². The molecule has 0 spiro atoms. The minimum atomic E-state index is 0.421. The minimum absolute atomic E-state index is 0.421. The maximum Gasteiger partial charge on any atom is 0.105 e. The van der Waals surface area contributed by atoms with E-state index in [0.29, 0.717) is 6.17 Å². The molecule has 74 valence electrons. The molecule has 1 aromatic carbocycles. The van der Waals surface area contributed by atoms with E-state index in [9.17, 15) is 0 Å². The molecule has 0 atom stereocenters. The van der Waals surface area contributed by atoms with E-state index in [1.807, 2.05) is 6.08 Å². The summed E-state index contributed by atoms with van der Waals surface area (Å²) < 4.78 is 0. The van der Waals surface area contributed by atoms with Crippen LogP contribution in [0, 0.1) is 0 Å². The van der Waals surface area contributed by atoms with Crippen molar-refractivity contribution in [3.05, 3.63) is 36.9 Å². The van der Waals surface area contributed by atoms with Crippen molar-refractivity contribution in [2.24, 2.45) is 0 Å². The van der Waals surface area contributed by atoms with Gasteiger partial charge < -0.3 is 9.80 Å². The van der Waals surface area contributed by atoms with Crippen molar-refractivity contribution >= 4 is 11.4 Å². The Morgan fingerprint density at radius 2 is 1.71 bits per heavy atom. The summed E-state index contributed by atoms with van der Waals surface area (Å²) >= 11 is 0. The van der Waals surface area contributed by atoms with Gasteiger partial charge in [0.05, 0.1) is 11.4 Å². The van der Waals surface area contributed by atoms with Gasteiger partial charge in [0.1, 0.15) is 6.17 Å². The summed E-state index contributed by atoms with van der Waals surface area (Å²) in [7, 11) is 4.27. The molecule has 0 aromatic heterocycles. The Kier molecular flexibility index (Phi) is 2.20. The van der Waals surface area contributed by atoms with Crippen LogP contribution in [0.5, 0.6) is 0 Å². The van der Waals surface area contributed by atoms with Crippen molar-refractivity contribution in [1.29, 1.82) is 0 Å². The van der Waals surface area contributed by atoms with Gasteiger partial charge in [0.2, 0.25) is 0 Å². The van der Waals surface area contributed by atoms with Crippen LogP contribution < -0.4 is 9.80 Å². The largest absolute Gasteiger partial charge is 0.352 e. The zero-order valence-corrected chi connectivity index (χ0v) is 8.77. The second-order valence-electron chi connectivity index (χ2n) is 3.72. The lowest BCUT2D eigenvalue weighted by atomic mass is 10.3. The molecule has 2 nitrogen and oxygen atoms in total. The molecule has 14 heavy (non-hydrogen) atoms. The second kappa shape index (κ2) is 3.37. The van der Waals surface area contributed by atoms with Gasteiger partial charge in [-0.2, -0.15) is 0 Å². The Balaban J connectivity index is 2.37. The Hall–Kier alpha value is -1.44. The van der Waals surface area contributed by atoms with Gasteiger partial charge >= 0.3 is 0 Å². The fourth-order valence-electron chi connectivity index (χ4n) is 2.11. The average molecular weight is 188 g/mol. The predicted octanol–water partition coefficient (Wildman–Crippen LogP) is 2.47. The van der Waals surface area contributed by atoms with Crippen LogP contribution in [0.4, 0.5) is 11.4 Å². The van der Waals surface area contributed by atoms with Crippen LogP contribution in [0.3, 0.4) is 0 Å². The van der Waals surface area contributed by atoms with Crippen LogP contribution in [0.25, 0.3) is 0 Å². The first-order valence-electron chi connectivity index (χ1n) is 4.91. The van der Waals surface area contributed by atoms with Crippen LogP contribution >= 0.6 is 0 Å². The molecule has 0 fully saturated rings. The van der Waals surface area contributed by atoms with Gasteiger partial charge in [0, 0.05) is 20.5 Å². The lowest BCUT2D eigenvalue weighted by molar-refractivity contribution is 0.658. The molecule has 1 aliphatic rings. The molecule has 1 heterocycles. The molecule has 0 radical (unpaired) electrons. The van der Waals surface area contributed by atoms with Crippen molar-refractivity contribution in [3.63, 3.8) is 0 Å². The van der Waals surface area contributed by atoms with E-state index in [1.165, 1.54) is 11.4 Å². The highest BCUT2D eigenvalue weighted by Crippen LogP contribution is 2.37. The molecule has 1 aromatic rings. The van der Waals surface area contributed by atoms with Gasteiger partial charge in [-0.3, -0.25) is 0 Å². The summed E-state index contributed by atoms with van der Waals surface area (Å²) in [6.07, 6.45) is 3.38. The van der Waals surface area contributed by atoms with Crippen LogP contribution in [-0.4, -0.2) is 20.3 Å². The SMILES string of the molecule is C=CCC1N(C)c2ccccc2N1C. The topological polar surface area (TPSA) is 6.48 Å². The van der Waals surface area contributed by atoms with Gasteiger partial charge in [0.25, 0.3) is 0 Å². The van der Waals surface area contributed by atoms with Crippen molar-refractivity contribution in [3.8, 4) is 0 Å². The first kappa shape index (κ1) is 9.13. The Labute approximate surface area is 85.4 Å². The van der Waals surface area contributed by atoms with Gasteiger partial charge in [-0.1, -0.05) is 18.2 Å². The summed E-state index contributed by atoms with van der Waals surface area (Å²) in [5, 5.41) is 0. The van der Waals surface area contributed by atoms with E-state index in [4.69, 9.17) is 0 Å². The summed E-state index contributed by atoms with van der Waals surface area (Å²) in [5.41, 5.74) is 2.61. The third kappa shape index (κ3) is 1.18. The number of para-hydroxylation sites is 2. The quantitative estimate of drug-likeness (QED) is 0.658. The first-order chi connectivity index (χ1) is 6.75. The number of rotatable bonds is 2. The molecule has 0 saturated heterocycles. The number of hydrogen-bond donors (Lipinski definition) is 0. The van der Waals surface area contributed by atoms with Crippen molar-refractivity contribution < 1.29 is 0 Å². The predicted molar refractivity (Wildman–Crippen MR) is 61.9 cm³/mol. The Bertz CT molecular complexity index is 317. The van der Waals surface area contributed by atoms with E-state index < -0.39 is 0 Å². The van der Waals surface area contributed by atoms with E-state index in [1.54, 1.807) is 0 Å². The molecule has 0 saturated carbocycles. The molecule has 1 aliphatic heterocycles. The highest BCUT2D eigenvalue weighted by Gasteiger charge is 2.29. The molecule has 0 unspecified atom stereocenters. The standard InChI is InChI=1S/C12H16N2/c1-4-7-12-13(2)10-8-5-6-9-11(10)14(12)3/h4-6,8-9,12H,1,7H2,2-3H3. The van der Waals surface area contributed by atoms with Crippen LogP contribution in [0.1, 0.15) is 6.42 Å². The van der Waals surface area contributed by atoms with Crippen molar-refractivity contribution in [2.75, 3.05) is 23.9 Å². The Morgan fingerprint density at radius 1 is 1.21 bits per heavy atom. The average Bonchev–Trinajstić information content (AvgIpc) is 2.45. The molecule has 2 heteroatoms. The highest BCUT2D eigenvalue weighted by atomic mass is 15.4. The normalized spacial score (nSPS) is 15.9. The monoisotopic (exact) mass is 188 g/mol. The number of anilines is 2. The molecular weight excluding hydrogens is 172 g/mol. The van der Waals surface area contributed by atoms with E-state index >= 15 is 0 Å². The van der Waals surface area contributed by atoms with Gasteiger partial charge in [-0.25, -0.2) is 0 Å². The lowest BCUT2D eigenvalue weighted by Crippen LogP contribution is -2.38. The fraction of sp³-hybridized carbons (Fsp3) is 0.333. The number of nitrogens with zero attached hydrogens (tertiary/aromatic N) is 2. The minimum Gasteiger partial charge on any atom is -0.352 e. The Morgan fingerprint density at radius 3 is 2.14 bits per heavy atom. The summed E-state index contributed by atoms with van der Waals surface area (Å²) in [5.74, 6) is 0. The zero-order valence-electron chi connectivity index (χ0n) is 8.77. The third-order valence-corrected chi connectivity index (χ3v) is 2.91. The maximum absolute atomic E-state index is 3.80. The molecule has 0 amide bonds. The van der Waals surface area contributed by atoms with Crippen LogP contribution in [-0.2, 0) is 0 Å². The maximum atomic E-state index is 3.80. The van der Waals surface area contributed by atoms with Crippen molar-refractivity contribution in [2.45, 2.75) is 12.6 Å². The fourth-order valence-corrected chi connectivity index (χ4v) is 2.11. The molecule has 0 N–H and O–H groups in total. The summed E-state index contributed by atoms with van der Waals surface area (Å²) in [4.78, 5) is 4.61. The molecule has 0 aliphatic carbocycles. The second-order valence-corrected chi connectivity index (χ2v) is 3.72. The number of fused-ring (bicyclic) bond motifs is 1. The number of benzene rings is 1.